The van der Waals surface area contributed by atoms with Crippen molar-refractivity contribution in [3.8, 4) is 0 Å². The summed E-state index contributed by atoms with van der Waals surface area (Å²) in [7, 11) is 0. The molecule has 76 valence electrons. The number of carbonyl (C=O) groups is 1. The zero-order valence-electron chi connectivity index (χ0n) is 8.29. The summed E-state index contributed by atoms with van der Waals surface area (Å²) in [6, 6.07) is 3.67. The predicted octanol–water partition coefficient (Wildman–Crippen LogP) is 2.38. The molecule has 1 aliphatic rings. The molecule has 0 aliphatic carbocycles. The van der Waals surface area contributed by atoms with Gasteiger partial charge in [-0.25, -0.2) is 0 Å². The van der Waals surface area contributed by atoms with Crippen molar-refractivity contribution in [1.29, 1.82) is 0 Å². The number of ether oxygens (including phenoxy) is 1. The van der Waals surface area contributed by atoms with Crippen molar-refractivity contribution < 1.29 is 13.9 Å². The van der Waals surface area contributed by atoms with Crippen LogP contribution in [0, 0.1) is 0 Å². The fraction of sp³-hybridized carbons (Fsp3) is 0.545. The molecule has 2 heterocycles. The molecule has 3 heteroatoms. The number of furan rings is 1. The van der Waals surface area contributed by atoms with Crippen LogP contribution in [-0.2, 0) is 4.74 Å². The van der Waals surface area contributed by atoms with E-state index in [-0.39, 0.29) is 5.78 Å². The fourth-order valence-electron chi connectivity index (χ4n) is 1.74. The van der Waals surface area contributed by atoms with Gasteiger partial charge in [-0.2, -0.15) is 0 Å². The minimum atomic E-state index is -0.0108. The van der Waals surface area contributed by atoms with Crippen LogP contribution < -0.4 is 0 Å². The van der Waals surface area contributed by atoms with Gasteiger partial charge in [-0.15, -0.1) is 0 Å². The van der Waals surface area contributed by atoms with E-state index >= 15 is 0 Å². The normalized spacial score (nSPS) is 18.4. The van der Waals surface area contributed by atoms with Crippen LogP contribution in [0.5, 0.6) is 0 Å². The minimum Gasteiger partial charge on any atom is -0.458 e. The Morgan fingerprint density at radius 1 is 1.36 bits per heavy atom. The monoisotopic (exact) mass is 194 g/mol. The van der Waals surface area contributed by atoms with Crippen LogP contribution in [0.1, 0.15) is 42.0 Å². The molecule has 0 aromatic carbocycles. The second-order valence-electron chi connectivity index (χ2n) is 3.64. The van der Waals surface area contributed by atoms with E-state index in [1.807, 2.05) is 6.07 Å². The first-order chi connectivity index (χ1) is 6.77. The Morgan fingerprint density at radius 3 is 2.64 bits per heavy atom. The molecule has 1 fully saturated rings. The summed E-state index contributed by atoms with van der Waals surface area (Å²) < 4.78 is 10.7. The highest BCUT2D eigenvalue weighted by atomic mass is 16.5. The number of hydrogen-bond acceptors (Lipinski definition) is 3. The average Bonchev–Trinajstić information content (AvgIpc) is 2.68. The lowest BCUT2D eigenvalue weighted by atomic mass is 9.98. The molecule has 0 N–H and O–H groups in total. The Labute approximate surface area is 83.0 Å². The molecule has 0 saturated carbocycles. The topological polar surface area (TPSA) is 39.4 Å². The van der Waals surface area contributed by atoms with E-state index in [0.717, 1.165) is 31.8 Å². The van der Waals surface area contributed by atoms with E-state index in [4.69, 9.17) is 9.15 Å². The molecule has 3 nitrogen and oxygen atoms in total. The zero-order chi connectivity index (χ0) is 9.97. The molecule has 0 atom stereocenters. The van der Waals surface area contributed by atoms with Gasteiger partial charge in [0, 0.05) is 26.1 Å². The van der Waals surface area contributed by atoms with Crippen LogP contribution >= 0.6 is 0 Å². The third kappa shape index (κ3) is 1.87. The maximum Gasteiger partial charge on any atom is 0.194 e. The first-order valence-electron chi connectivity index (χ1n) is 4.96. The van der Waals surface area contributed by atoms with Crippen molar-refractivity contribution in [2.24, 2.45) is 0 Å². The zero-order valence-corrected chi connectivity index (χ0v) is 8.29. The van der Waals surface area contributed by atoms with Crippen molar-refractivity contribution in [2.45, 2.75) is 25.7 Å². The van der Waals surface area contributed by atoms with Crippen LogP contribution in [0.2, 0.25) is 0 Å². The smallest absolute Gasteiger partial charge is 0.194 e. The quantitative estimate of drug-likeness (QED) is 0.678. The lowest BCUT2D eigenvalue weighted by Crippen LogP contribution is -2.13. The summed E-state index contributed by atoms with van der Waals surface area (Å²) >= 11 is 0. The van der Waals surface area contributed by atoms with Crippen molar-refractivity contribution in [3.05, 3.63) is 23.7 Å². The predicted molar refractivity (Wildman–Crippen MR) is 51.5 cm³/mol. The summed E-state index contributed by atoms with van der Waals surface area (Å²) in [4.78, 5) is 11.0. The number of rotatable bonds is 2. The molecule has 2 rings (SSSR count). The highest BCUT2D eigenvalue weighted by molar-refractivity contribution is 5.91. The van der Waals surface area contributed by atoms with Crippen LogP contribution in [-0.4, -0.2) is 19.0 Å². The molecule has 1 aromatic rings. The van der Waals surface area contributed by atoms with Gasteiger partial charge in [-0.3, -0.25) is 4.79 Å². The molecule has 0 bridgehead atoms. The van der Waals surface area contributed by atoms with Gasteiger partial charge in [0.25, 0.3) is 0 Å². The minimum absolute atomic E-state index is 0.0108. The number of carbonyl (C=O) groups excluding carboxylic acids is 1. The lowest BCUT2D eigenvalue weighted by Gasteiger charge is -2.19. The molecule has 1 aromatic heterocycles. The Balaban J connectivity index is 2.11. The highest BCUT2D eigenvalue weighted by Crippen LogP contribution is 2.28. The van der Waals surface area contributed by atoms with Gasteiger partial charge in [0.1, 0.15) is 5.76 Å². The Kier molecular flexibility index (Phi) is 2.68. The summed E-state index contributed by atoms with van der Waals surface area (Å²) in [6.45, 7) is 3.11. The maximum atomic E-state index is 11.0. The Hall–Kier alpha value is -1.09. The van der Waals surface area contributed by atoms with Gasteiger partial charge < -0.3 is 9.15 Å². The second kappa shape index (κ2) is 3.96. The van der Waals surface area contributed by atoms with Crippen molar-refractivity contribution in [2.75, 3.05) is 13.2 Å². The summed E-state index contributed by atoms with van der Waals surface area (Å²) in [5.74, 6) is 1.81. The fourth-order valence-corrected chi connectivity index (χ4v) is 1.74. The van der Waals surface area contributed by atoms with Gasteiger partial charge in [-0.05, 0) is 25.0 Å². The maximum absolute atomic E-state index is 11.0. The van der Waals surface area contributed by atoms with Gasteiger partial charge in [0.05, 0.1) is 0 Å². The molecule has 0 radical (unpaired) electrons. The molecule has 1 aliphatic heterocycles. The van der Waals surface area contributed by atoms with Crippen LogP contribution in [0.25, 0.3) is 0 Å². The van der Waals surface area contributed by atoms with E-state index < -0.39 is 0 Å². The second-order valence-corrected chi connectivity index (χ2v) is 3.64. The number of hydrogen-bond donors (Lipinski definition) is 0. The van der Waals surface area contributed by atoms with Crippen molar-refractivity contribution in [3.63, 3.8) is 0 Å². The standard InChI is InChI=1S/C11H14O3/c1-8(12)10-2-3-11(14-10)9-4-6-13-7-5-9/h2-3,9H,4-7H2,1H3. The summed E-state index contributed by atoms with van der Waals surface area (Å²) in [5.41, 5.74) is 0. The van der Waals surface area contributed by atoms with E-state index in [1.54, 1.807) is 6.07 Å². The number of ketones is 1. The average molecular weight is 194 g/mol. The van der Waals surface area contributed by atoms with Crippen molar-refractivity contribution in [1.82, 2.24) is 0 Å². The van der Waals surface area contributed by atoms with E-state index in [2.05, 4.69) is 0 Å². The first kappa shape index (κ1) is 9.46. The molecule has 1 saturated heterocycles. The van der Waals surface area contributed by atoms with E-state index in [0.29, 0.717) is 11.7 Å². The molecular weight excluding hydrogens is 180 g/mol. The Morgan fingerprint density at radius 2 is 2.07 bits per heavy atom. The number of Topliss-reactive ketones (excluding diaryl/α,β-unsaturated/α-hetero) is 1. The molecule has 0 amide bonds. The van der Waals surface area contributed by atoms with Gasteiger partial charge in [0.2, 0.25) is 0 Å². The third-order valence-electron chi connectivity index (χ3n) is 2.60. The third-order valence-corrected chi connectivity index (χ3v) is 2.60. The molecule has 0 spiro atoms. The summed E-state index contributed by atoms with van der Waals surface area (Å²) in [5, 5.41) is 0. The lowest BCUT2D eigenvalue weighted by molar-refractivity contribution is 0.0798. The van der Waals surface area contributed by atoms with Gasteiger partial charge in [0.15, 0.2) is 11.5 Å². The van der Waals surface area contributed by atoms with Crippen LogP contribution in [0.3, 0.4) is 0 Å². The molecular formula is C11H14O3. The van der Waals surface area contributed by atoms with Gasteiger partial charge in [-0.1, -0.05) is 0 Å². The van der Waals surface area contributed by atoms with Crippen LogP contribution in [0.4, 0.5) is 0 Å². The van der Waals surface area contributed by atoms with Gasteiger partial charge >= 0.3 is 0 Å². The van der Waals surface area contributed by atoms with Crippen molar-refractivity contribution >= 4 is 5.78 Å². The molecule has 14 heavy (non-hydrogen) atoms. The van der Waals surface area contributed by atoms with Crippen LogP contribution in [0.15, 0.2) is 16.5 Å². The largest absolute Gasteiger partial charge is 0.458 e. The van der Waals surface area contributed by atoms with E-state index in [1.165, 1.54) is 6.92 Å². The summed E-state index contributed by atoms with van der Waals surface area (Å²) in [6.07, 6.45) is 1.98. The molecule has 0 unspecified atom stereocenters. The van der Waals surface area contributed by atoms with E-state index in [9.17, 15) is 4.79 Å². The highest BCUT2D eigenvalue weighted by Gasteiger charge is 2.19. The SMILES string of the molecule is CC(=O)c1ccc(C2CCOCC2)o1. The Bertz CT molecular complexity index is 321. The first-order valence-corrected chi connectivity index (χ1v) is 4.96.